The Labute approximate surface area is 340 Å². The summed E-state index contributed by atoms with van der Waals surface area (Å²) in [6, 6.07) is 16.4. The molecule has 4 aromatic rings. The molecule has 3 aliphatic rings. The number of aromatic nitrogens is 4. The number of amides is 2. The van der Waals surface area contributed by atoms with Crippen molar-refractivity contribution >= 4 is 29.2 Å². The summed E-state index contributed by atoms with van der Waals surface area (Å²) in [7, 11) is 0. The van der Waals surface area contributed by atoms with Crippen LogP contribution < -0.4 is 16.4 Å². The maximum absolute atomic E-state index is 13.2. The van der Waals surface area contributed by atoms with E-state index in [1.807, 2.05) is 63.5 Å². The molecule has 2 aromatic carbocycles. The molecule has 4 N–H and O–H groups in total. The van der Waals surface area contributed by atoms with Crippen LogP contribution >= 0.6 is 0 Å². The Balaban J connectivity index is 1.03. The van der Waals surface area contributed by atoms with Crippen molar-refractivity contribution in [1.82, 2.24) is 35.1 Å². The van der Waals surface area contributed by atoms with Crippen LogP contribution in [0, 0.1) is 5.41 Å². The van der Waals surface area contributed by atoms with Crippen LogP contribution in [0.3, 0.4) is 0 Å². The van der Waals surface area contributed by atoms with Crippen molar-refractivity contribution in [3.8, 4) is 11.1 Å². The van der Waals surface area contributed by atoms with Crippen molar-refractivity contribution in [1.29, 1.82) is 0 Å². The quantitative estimate of drug-likeness (QED) is 0.136. The van der Waals surface area contributed by atoms with Crippen molar-refractivity contribution in [3.05, 3.63) is 72.3 Å². The van der Waals surface area contributed by atoms with Crippen molar-refractivity contribution in [2.45, 2.75) is 116 Å². The SMILES string of the molecule is CC(C)(C)OC(=O)N[C@@H](CCCN(CCNC(=O)OCC1c2ccccc2-c2ccccc21)C[C@H]1O[C@@H](n2cnc3c(N)ncnc32)[C@@H]2OC(C)(C)O[C@@H]21)C(C)(C)C. The Morgan fingerprint density at radius 2 is 1.60 bits per heavy atom. The summed E-state index contributed by atoms with van der Waals surface area (Å²) in [5, 5.41) is 6.09. The standard InChI is InChI=1S/C43H58N8O7/c1-41(2,3)32(49-40(53)58-42(4,5)6)18-13-20-50(21-19-45-39(52)54-23-30-28-16-11-9-14-26(28)27-15-10-12-17-29(27)30)22-31-34-35(57-43(7,8)56-34)38(55-31)51-25-48-33-36(44)46-24-47-37(33)51/h9-12,14-17,24-25,30-32,34-35,38H,13,18-23H2,1-8H3,(H,45,52)(H,49,53)(H2,44,46,47)/t31-,32+,34-,35-,38-/m1/s1. The number of carbonyl (C=O) groups is 2. The van der Waals surface area contributed by atoms with Crippen LogP contribution in [-0.2, 0) is 23.7 Å². The van der Waals surface area contributed by atoms with Gasteiger partial charge in [0, 0.05) is 31.6 Å². The first-order valence-electron chi connectivity index (χ1n) is 20.2. The number of alkyl carbamates (subject to hydrolysis) is 2. The summed E-state index contributed by atoms with van der Waals surface area (Å²) in [5.41, 5.74) is 11.0. The van der Waals surface area contributed by atoms with Gasteiger partial charge in [-0.3, -0.25) is 9.47 Å². The molecule has 0 spiro atoms. The van der Waals surface area contributed by atoms with E-state index in [0.717, 1.165) is 17.5 Å². The van der Waals surface area contributed by atoms with Crippen LogP contribution in [0.15, 0.2) is 61.2 Å². The van der Waals surface area contributed by atoms with Crippen molar-refractivity contribution in [3.63, 3.8) is 0 Å². The third-order valence-electron chi connectivity index (χ3n) is 11.0. The first-order chi connectivity index (χ1) is 27.5. The lowest BCUT2D eigenvalue weighted by Gasteiger charge is -2.33. The minimum atomic E-state index is -0.843. The molecule has 0 bridgehead atoms. The molecule has 58 heavy (non-hydrogen) atoms. The summed E-state index contributed by atoms with van der Waals surface area (Å²) in [6.45, 7) is 17.9. The molecule has 2 aliphatic heterocycles. The third kappa shape index (κ3) is 9.22. The lowest BCUT2D eigenvalue weighted by molar-refractivity contribution is -0.198. The van der Waals surface area contributed by atoms with Gasteiger partial charge in [-0.15, -0.1) is 0 Å². The number of benzene rings is 2. The second kappa shape index (κ2) is 16.4. The van der Waals surface area contributed by atoms with E-state index in [0.29, 0.717) is 43.8 Å². The number of carbonyl (C=O) groups excluding carboxylic acids is 2. The average Bonchev–Trinajstić information content (AvgIpc) is 3.89. The highest BCUT2D eigenvalue weighted by molar-refractivity contribution is 5.81. The van der Waals surface area contributed by atoms with E-state index in [1.165, 1.54) is 17.5 Å². The molecule has 0 radical (unpaired) electrons. The van der Waals surface area contributed by atoms with Crippen LogP contribution in [0.1, 0.15) is 91.5 Å². The highest BCUT2D eigenvalue weighted by Crippen LogP contribution is 2.45. The Hall–Kier alpha value is -4.83. The highest BCUT2D eigenvalue weighted by atomic mass is 16.8. The number of nitrogens with two attached hydrogens (primary N) is 1. The molecule has 312 valence electrons. The zero-order chi connectivity index (χ0) is 41.4. The lowest BCUT2D eigenvalue weighted by atomic mass is 9.84. The smallest absolute Gasteiger partial charge is 0.407 e. The molecule has 0 unspecified atom stereocenters. The molecule has 4 heterocycles. The Bertz CT molecular complexity index is 2050. The fraction of sp³-hybridized carbons (Fsp3) is 0.558. The zero-order valence-corrected chi connectivity index (χ0v) is 34.9. The molecule has 2 aromatic heterocycles. The van der Waals surface area contributed by atoms with Gasteiger partial charge in [0.15, 0.2) is 23.5 Å². The maximum atomic E-state index is 13.2. The van der Waals surface area contributed by atoms with E-state index in [9.17, 15) is 9.59 Å². The largest absolute Gasteiger partial charge is 0.449 e. The number of nitrogen functional groups attached to an aromatic ring is 1. The van der Waals surface area contributed by atoms with Crippen molar-refractivity contribution in [2.75, 3.05) is 38.5 Å². The predicted molar refractivity (Wildman–Crippen MR) is 219 cm³/mol. The predicted octanol–water partition coefficient (Wildman–Crippen LogP) is 6.39. The van der Waals surface area contributed by atoms with Gasteiger partial charge in [0.05, 0.1) is 6.33 Å². The van der Waals surface area contributed by atoms with Gasteiger partial charge >= 0.3 is 12.2 Å². The second-order valence-electron chi connectivity index (χ2n) is 18.0. The van der Waals surface area contributed by atoms with E-state index in [-0.39, 0.29) is 29.8 Å². The first-order valence-corrected chi connectivity index (χ1v) is 20.2. The summed E-state index contributed by atoms with van der Waals surface area (Å²) >= 11 is 0. The van der Waals surface area contributed by atoms with Gasteiger partial charge in [-0.05, 0) is 81.7 Å². The molecule has 2 saturated heterocycles. The molecule has 2 amide bonds. The fourth-order valence-corrected chi connectivity index (χ4v) is 8.29. The number of hydrogen-bond acceptors (Lipinski definition) is 12. The number of imidazole rings is 1. The van der Waals surface area contributed by atoms with Gasteiger partial charge in [0.2, 0.25) is 0 Å². The normalized spacial score (nSPS) is 21.7. The zero-order valence-electron chi connectivity index (χ0n) is 34.9. The van der Waals surface area contributed by atoms with E-state index in [1.54, 1.807) is 6.33 Å². The van der Waals surface area contributed by atoms with Crippen molar-refractivity contribution in [2.24, 2.45) is 5.41 Å². The molecule has 2 fully saturated rings. The number of anilines is 1. The number of nitrogens with one attached hydrogen (secondary N) is 2. The van der Waals surface area contributed by atoms with Gasteiger partial charge in [-0.2, -0.15) is 0 Å². The summed E-state index contributed by atoms with van der Waals surface area (Å²) < 4.78 is 32.9. The van der Waals surface area contributed by atoms with Crippen LogP contribution in [-0.4, -0.2) is 105 Å². The van der Waals surface area contributed by atoms with Crippen molar-refractivity contribution < 1.29 is 33.3 Å². The minimum absolute atomic E-state index is 0.0338. The third-order valence-corrected chi connectivity index (χ3v) is 11.0. The molecule has 7 rings (SSSR count). The van der Waals surface area contributed by atoms with Gasteiger partial charge in [-0.25, -0.2) is 24.5 Å². The van der Waals surface area contributed by atoms with Crippen LogP contribution in [0.25, 0.3) is 22.3 Å². The minimum Gasteiger partial charge on any atom is -0.449 e. The molecule has 1 aliphatic carbocycles. The second-order valence-corrected chi connectivity index (χ2v) is 18.0. The molecule has 15 heteroatoms. The number of hydrogen-bond donors (Lipinski definition) is 3. The summed E-state index contributed by atoms with van der Waals surface area (Å²) in [5.74, 6) is -0.596. The Morgan fingerprint density at radius 1 is 0.931 bits per heavy atom. The monoisotopic (exact) mass is 798 g/mol. The lowest BCUT2D eigenvalue weighted by Crippen LogP contribution is -2.47. The van der Waals surface area contributed by atoms with Gasteiger partial charge in [-0.1, -0.05) is 69.3 Å². The van der Waals surface area contributed by atoms with Gasteiger partial charge in [0.25, 0.3) is 0 Å². The number of nitrogens with zero attached hydrogens (tertiary/aromatic N) is 5. The molecule has 0 saturated carbocycles. The number of ether oxygens (including phenoxy) is 5. The van der Waals surface area contributed by atoms with Crippen LogP contribution in [0.4, 0.5) is 15.4 Å². The van der Waals surface area contributed by atoms with E-state index < -0.39 is 48.1 Å². The van der Waals surface area contributed by atoms with Crippen LogP contribution in [0.2, 0.25) is 0 Å². The summed E-state index contributed by atoms with van der Waals surface area (Å²) in [6.07, 6.45) is 1.76. The van der Waals surface area contributed by atoms with Gasteiger partial charge < -0.3 is 40.1 Å². The van der Waals surface area contributed by atoms with E-state index in [4.69, 9.17) is 29.4 Å². The maximum Gasteiger partial charge on any atom is 0.407 e. The molecule has 15 nitrogen and oxygen atoms in total. The average molecular weight is 799 g/mol. The van der Waals surface area contributed by atoms with Crippen LogP contribution in [0.5, 0.6) is 0 Å². The summed E-state index contributed by atoms with van der Waals surface area (Å²) in [4.78, 5) is 41.3. The molecular weight excluding hydrogens is 741 g/mol. The number of rotatable bonds is 13. The molecule has 5 atom stereocenters. The Morgan fingerprint density at radius 3 is 2.28 bits per heavy atom. The van der Waals surface area contributed by atoms with E-state index >= 15 is 0 Å². The topological polar surface area (TPSA) is 177 Å². The first kappa shape index (κ1) is 41.3. The number of fused-ring (bicyclic) bond motifs is 5. The molecular formula is C43H58N8O7. The van der Waals surface area contributed by atoms with Gasteiger partial charge in [0.1, 0.15) is 42.4 Å². The highest BCUT2D eigenvalue weighted by Gasteiger charge is 2.56. The Kier molecular flexibility index (Phi) is 11.7. The fourth-order valence-electron chi connectivity index (χ4n) is 8.29. The van der Waals surface area contributed by atoms with E-state index in [2.05, 4.69) is 75.5 Å².